The van der Waals surface area contributed by atoms with Crippen LogP contribution >= 0.6 is 0 Å². The molecule has 0 spiro atoms. The van der Waals surface area contributed by atoms with Crippen molar-refractivity contribution in [3.63, 3.8) is 0 Å². The zero-order chi connectivity index (χ0) is 12.7. The number of hydrogen-bond acceptors (Lipinski definition) is 5. The van der Waals surface area contributed by atoms with E-state index in [-0.39, 0.29) is 0 Å². The Morgan fingerprint density at radius 1 is 1.28 bits per heavy atom. The highest BCUT2D eigenvalue weighted by Gasteiger charge is 2.10. The van der Waals surface area contributed by atoms with E-state index in [1.54, 1.807) is 19.1 Å². The van der Waals surface area contributed by atoms with Gasteiger partial charge in [0.1, 0.15) is 12.0 Å². The number of hydrogen-bond donors (Lipinski definition) is 1. The summed E-state index contributed by atoms with van der Waals surface area (Å²) >= 11 is 0. The molecule has 0 saturated heterocycles. The second-order valence-corrected chi connectivity index (χ2v) is 3.90. The Morgan fingerprint density at radius 3 is 2.83 bits per heavy atom. The third-order valence-corrected chi connectivity index (χ3v) is 2.70. The molecule has 1 aromatic carbocycles. The molecule has 90 valence electrons. The molecule has 0 fully saturated rings. The number of rotatable bonds is 1. The fourth-order valence-electron chi connectivity index (χ4n) is 1.89. The lowest BCUT2D eigenvalue weighted by atomic mass is 10.1. The van der Waals surface area contributed by atoms with Gasteiger partial charge in [0, 0.05) is 11.6 Å². The fraction of sp³-hybridized carbons (Fsp3) is 0.0833. The van der Waals surface area contributed by atoms with Crippen LogP contribution in [-0.4, -0.2) is 10.1 Å². The minimum atomic E-state index is -0.759. The largest absolute Gasteiger partial charge is 0.419 e. The van der Waals surface area contributed by atoms with Gasteiger partial charge < -0.3 is 8.94 Å². The number of H-pyrrole nitrogens is 1. The first-order valence-corrected chi connectivity index (χ1v) is 5.24. The predicted molar refractivity (Wildman–Crippen MR) is 63.3 cm³/mol. The lowest BCUT2D eigenvalue weighted by Gasteiger charge is -2.03. The summed E-state index contributed by atoms with van der Waals surface area (Å²) in [5, 5.41) is 4.11. The van der Waals surface area contributed by atoms with Gasteiger partial charge in [-0.05, 0) is 24.6 Å². The fourth-order valence-corrected chi connectivity index (χ4v) is 1.89. The van der Waals surface area contributed by atoms with Gasteiger partial charge in [-0.15, -0.1) is 0 Å². The number of aryl methyl sites for hydroxylation is 1. The molecule has 0 radical (unpaired) electrons. The smallest absolute Gasteiger partial charge is 0.372 e. The Hall–Kier alpha value is -2.63. The van der Waals surface area contributed by atoms with Crippen LogP contribution in [0.4, 0.5) is 0 Å². The number of aromatic nitrogens is 2. The van der Waals surface area contributed by atoms with E-state index in [2.05, 4.69) is 14.6 Å². The molecule has 6 heteroatoms. The summed E-state index contributed by atoms with van der Waals surface area (Å²) in [7, 11) is 0. The Kier molecular flexibility index (Phi) is 2.16. The summed E-state index contributed by atoms with van der Waals surface area (Å²) in [6.07, 6.45) is 1.45. The van der Waals surface area contributed by atoms with Crippen LogP contribution in [0.2, 0.25) is 0 Å². The quantitative estimate of drug-likeness (QED) is 0.699. The molecule has 3 aromatic rings. The van der Waals surface area contributed by atoms with Gasteiger partial charge in [-0.25, -0.2) is 9.59 Å². The molecular formula is C12H8N2O4. The Bertz CT molecular complexity index is 827. The Balaban J connectivity index is 2.41. The molecule has 0 bridgehead atoms. The molecule has 0 aliphatic heterocycles. The van der Waals surface area contributed by atoms with E-state index in [0.717, 1.165) is 11.1 Å². The summed E-state index contributed by atoms with van der Waals surface area (Å²) in [5.41, 5.74) is 1.92. The number of aromatic amines is 1. The summed E-state index contributed by atoms with van der Waals surface area (Å²) in [5.74, 6) is -0.759. The topological polar surface area (TPSA) is 89.1 Å². The standard InChI is InChI=1S/C12H8N2O4/c1-6-4-7(9-2-3-17-14-9)5-8-10(6)13-12(16)18-11(8)15/h2-5H,1H3,(H,13,16). The molecule has 1 N–H and O–H groups in total. The van der Waals surface area contributed by atoms with Crippen LogP contribution in [0.3, 0.4) is 0 Å². The van der Waals surface area contributed by atoms with E-state index in [9.17, 15) is 9.59 Å². The third kappa shape index (κ3) is 1.55. The van der Waals surface area contributed by atoms with Gasteiger partial charge in [0.25, 0.3) is 0 Å². The minimum Gasteiger partial charge on any atom is -0.372 e. The molecule has 0 aliphatic rings. The van der Waals surface area contributed by atoms with E-state index in [1.807, 2.05) is 6.07 Å². The third-order valence-electron chi connectivity index (χ3n) is 2.70. The van der Waals surface area contributed by atoms with Crippen molar-refractivity contribution < 1.29 is 8.94 Å². The molecule has 3 rings (SSSR count). The van der Waals surface area contributed by atoms with Crippen LogP contribution < -0.4 is 11.4 Å². The van der Waals surface area contributed by atoms with E-state index < -0.39 is 11.4 Å². The average molecular weight is 244 g/mol. The maximum Gasteiger partial charge on any atom is 0.419 e. The van der Waals surface area contributed by atoms with Gasteiger partial charge in [0.15, 0.2) is 0 Å². The normalized spacial score (nSPS) is 10.9. The first-order valence-electron chi connectivity index (χ1n) is 5.24. The highest BCUT2D eigenvalue weighted by atomic mass is 16.5. The zero-order valence-electron chi connectivity index (χ0n) is 9.39. The first-order chi connectivity index (χ1) is 8.65. The summed E-state index contributed by atoms with van der Waals surface area (Å²) in [6, 6.07) is 5.12. The van der Waals surface area contributed by atoms with Gasteiger partial charge in [-0.2, -0.15) is 0 Å². The van der Waals surface area contributed by atoms with Crippen LogP contribution in [0.1, 0.15) is 5.56 Å². The SMILES string of the molecule is Cc1cc(-c2ccon2)cc2c(=O)oc(=O)[nH]c12. The van der Waals surface area contributed by atoms with Crippen molar-refractivity contribution in [3.05, 3.63) is 51.0 Å². The molecule has 18 heavy (non-hydrogen) atoms. The van der Waals surface area contributed by atoms with Crippen molar-refractivity contribution in [2.24, 2.45) is 0 Å². The molecule has 6 nitrogen and oxygen atoms in total. The first kappa shape index (κ1) is 10.5. The number of fused-ring (bicyclic) bond motifs is 1. The molecule has 2 aromatic heterocycles. The molecule has 0 aliphatic carbocycles. The van der Waals surface area contributed by atoms with Gasteiger partial charge in [0.2, 0.25) is 0 Å². The average Bonchev–Trinajstić information content (AvgIpc) is 2.83. The van der Waals surface area contributed by atoms with Crippen LogP contribution in [0.5, 0.6) is 0 Å². The van der Waals surface area contributed by atoms with Crippen LogP contribution in [0.15, 0.2) is 43.0 Å². The molecular weight excluding hydrogens is 236 g/mol. The second-order valence-electron chi connectivity index (χ2n) is 3.90. The molecule has 0 saturated carbocycles. The van der Waals surface area contributed by atoms with Crippen molar-refractivity contribution in [2.45, 2.75) is 6.92 Å². The zero-order valence-corrected chi connectivity index (χ0v) is 9.39. The maximum atomic E-state index is 11.6. The summed E-state index contributed by atoms with van der Waals surface area (Å²) < 4.78 is 9.27. The van der Waals surface area contributed by atoms with Crippen molar-refractivity contribution >= 4 is 10.9 Å². The monoisotopic (exact) mass is 244 g/mol. The van der Waals surface area contributed by atoms with Gasteiger partial charge >= 0.3 is 11.4 Å². The predicted octanol–water partition coefficient (Wildman–Crippen LogP) is 1.44. The highest BCUT2D eigenvalue weighted by Crippen LogP contribution is 2.23. The maximum absolute atomic E-state index is 11.6. The van der Waals surface area contributed by atoms with Crippen LogP contribution in [0.25, 0.3) is 22.2 Å². The van der Waals surface area contributed by atoms with Crippen molar-refractivity contribution in [3.8, 4) is 11.3 Å². The number of nitrogens with one attached hydrogen (secondary N) is 1. The molecule has 0 unspecified atom stereocenters. The molecule has 0 atom stereocenters. The van der Waals surface area contributed by atoms with E-state index in [0.29, 0.717) is 16.6 Å². The Labute approximate surface area is 99.8 Å². The highest BCUT2D eigenvalue weighted by molar-refractivity contribution is 5.85. The van der Waals surface area contributed by atoms with Crippen LogP contribution in [0, 0.1) is 6.92 Å². The molecule has 0 amide bonds. The van der Waals surface area contributed by atoms with E-state index >= 15 is 0 Å². The Morgan fingerprint density at radius 2 is 2.11 bits per heavy atom. The number of benzene rings is 1. The van der Waals surface area contributed by atoms with Gasteiger partial charge in [-0.3, -0.25) is 4.98 Å². The lowest BCUT2D eigenvalue weighted by molar-refractivity contribution is 0.422. The molecule has 2 heterocycles. The van der Waals surface area contributed by atoms with Crippen molar-refractivity contribution in [2.75, 3.05) is 0 Å². The summed E-state index contributed by atoms with van der Waals surface area (Å²) in [4.78, 5) is 25.3. The van der Waals surface area contributed by atoms with Crippen LogP contribution in [-0.2, 0) is 0 Å². The minimum absolute atomic E-state index is 0.313. The second kappa shape index (κ2) is 3.69. The van der Waals surface area contributed by atoms with Crippen molar-refractivity contribution in [1.29, 1.82) is 0 Å². The van der Waals surface area contributed by atoms with E-state index in [4.69, 9.17) is 4.52 Å². The van der Waals surface area contributed by atoms with Gasteiger partial charge in [-0.1, -0.05) is 5.16 Å². The lowest BCUT2D eigenvalue weighted by Crippen LogP contribution is -2.15. The van der Waals surface area contributed by atoms with E-state index in [1.165, 1.54) is 6.26 Å². The van der Waals surface area contributed by atoms with Gasteiger partial charge in [0.05, 0.1) is 10.9 Å². The summed E-state index contributed by atoms with van der Waals surface area (Å²) in [6.45, 7) is 1.79. The number of nitrogens with zero attached hydrogens (tertiary/aromatic N) is 1. The van der Waals surface area contributed by atoms with Crippen molar-refractivity contribution in [1.82, 2.24) is 10.1 Å².